The monoisotopic (exact) mass is 1020 g/mol. The number of ketones is 1. The molecule has 0 fully saturated rings. The molecule has 0 atom stereocenters. The van der Waals surface area contributed by atoms with Crippen LogP contribution in [0, 0.1) is 5.41 Å². The first-order valence-electron chi connectivity index (χ1n) is 23.0. The van der Waals surface area contributed by atoms with Crippen molar-refractivity contribution in [2.75, 3.05) is 78.2 Å². The van der Waals surface area contributed by atoms with Crippen LogP contribution in [0.4, 0.5) is 18.2 Å². The van der Waals surface area contributed by atoms with Gasteiger partial charge in [0, 0.05) is 68.7 Å². The lowest BCUT2D eigenvalue weighted by atomic mass is 9.76. The number of carbonyl (C=O) groups is 4. The van der Waals surface area contributed by atoms with Crippen molar-refractivity contribution in [2.24, 2.45) is 5.41 Å². The maximum atomic E-state index is 14.4. The molecule has 2 aromatic carbocycles. The summed E-state index contributed by atoms with van der Waals surface area (Å²) in [5.41, 5.74) is 1.71. The van der Waals surface area contributed by atoms with Gasteiger partial charge in [-0.1, -0.05) is 51.4 Å². The Kier molecular flexibility index (Phi) is 22.6. The highest BCUT2D eigenvalue weighted by Gasteiger charge is 2.35. The summed E-state index contributed by atoms with van der Waals surface area (Å²) in [6.45, 7) is 12.5. The number of amides is 3. The number of anilines is 1. The molecule has 2 aromatic heterocycles. The van der Waals surface area contributed by atoms with E-state index in [2.05, 4.69) is 48.3 Å². The molecule has 3 N–H and O–H groups in total. The molecule has 4 aromatic rings. The Balaban J connectivity index is 0.0000104. The fourth-order valence-electron chi connectivity index (χ4n) is 8.02. The molecular formula is C49H65Cl2F3N6O8S. The Hall–Kier alpha value is -4.40. The van der Waals surface area contributed by atoms with Crippen molar-refractivity contribution in [1.29, 1.82) is 0 Å². The molecule has 1 aliphatic rings. The van der Waals surface area contributed by atoms with Gasteiger partial charge in [0.2, 0.25) is 11.8 Å². The van der Waals surface area contributed by atoms with Gasteiger partial charge in [-0.2, -0.15) is 18.3 Å². The van der Waals surface area contributed by atoms with Crippen molar-refractivity contribution in [1.82, 2.24) is 24.9 Å². The third kappa shape index (κ3) is 16.9. The van der Waals surface area contributed by atoms with Crippen molar-refractivity contribution in [2.45, 2.75) is 91.4 Å². The number of carbonyl (C=O) groups excluding carboxylic acids is 4. The van der Waals surface area contributed by atoms with Crippen molar-refractivity contribution in [3.8, 4) is 5.69 Å². The molecule has 5 rings (SSSR count). The van der Waals surface area contributed by atoms with Gasteiger partial charge < -0.3 is 34.9 Å². The third-order valence-corrected chi connectivity index (χ3v) is 13.4. The van der Waals surface area contributed by atoms with E-state index >= 15 is 0 Å². The molecule has 0 bridgehead atoms. The number of nitrogens with zero attached hydrogens (tertiary/aromatic N) is 4. The summed E-state index contributed by atoms with van der Waals surface area (Å²) >= 11 is 7.22. The van der Waals surface area contributed by atoms with Crippen LogP contribution in [-0.4, -0.2) is 127 Å². The summed E-state index contributed by atoms with van der Waals surface area (Å²) in [5, 5.41) is 18.7. The Bertz CT molecular complexity index is 2320. The molecule has 0 spiro atoms. The number of aromatic nitrogens is 2. The van der Waals surface area contributed by atoms with Crippen LogP contribution in [-0.2, 0) is 49.4 Å². The molecule has 1 aliphatic carbocycles. The van der Waals surface area contributed by atoms with E-state index in [1.807, 2.05) is 18.2 Å². The number of fused-ring (bicyclic) bond motifs is 1. The lowest BCUT2D eigenvalue weighted by Gasteiger charge is -2.32. The van der Waals surface area contributed by atoms with Crippen LogP contribution in [0.3, 0.4) is 0 Å². The number of rotatable bonds is 27. The average Bonchev–Trinajstić information content (AvgIpc) is 3.93. The normalized spacial score (nSPS) is 13.3. The molecule has 0 saturated carbocycles. The van der Waals surface area contributed by atoms with E-state index in [4.69, 9.17) is 30.9 Å². The smallest absolute Gasteiger partial charge is 0.394 e. The number of hydrogen-bond donors (Lipinski definition) is 3. The molecule has 20 heteroatoms. The predicted octanol–water partition coefficient (Wildman–Crippen LogP) is 8.41. The highest BCUT2D eigenvalue weighted by atomic mass is 35.5. The molecule has 380 valence electrons. The third-order valence-electron chi connectivity index (χ3n) is 11.9. The van der Waals surface area contributed by atoms with E-state index in [9.17, 15) is 32.3 Å². The molecule has 2 heterocycles. The first-order chi connectivity index (χ1) is 32.4. The number of thiophene rings is 1. The standard InChI is InChI=1S/C49H64ClF3N6O8S.ClH/c1-6-36(7-2)58(19-18-57(5)43(62)14-13-42(61)54-17-21-65-23-25-67-26-24-66-22-20-60)31-33-9-8-10-34(27-33)46(64)56-47-44(38-15-16-48(3,4)29-41(38)68-47)45(63)35-30-55-59(32-35)37-11-12-40(50)39(28-37)49(51,52)53;/h8-12,27-28,30,32,36,60H,6-7,13-26,29,31H2,1-5H3,(H,54,61)(H,56,64);1H. The molecule has 3 amide bonds. The van der Waals surface area contributed by atoms with Crippen LogP contribution in [0.15, 0.2) is 54.9 Å². The Morgan fingerprint density at radius 2 is 1.65 bits per heavy atom. The van der Waals surface area contributed by atoms with Gasteiger partial charge in [0.1, 0.15) is 5.00 Å². The summed E-state index contributed by atoms with van der Waals surface area (Å²) in [4.78, 5) is 58.9. The van der Waals surface area contributed by atoms with Gasteiger partial charge in [-0.3, -0.25) is 24.1 Å². The Morgan fingerprint density at radius 1 is 0.957 bits per heavy atom. The Labute approximate surface area is 417 Å². The van der Waals surface area contributed by atoms with Crippen molar-refractivity contribution in [3.63, 3.8) is 0 Å². The number of alkyl halides is 3. The highest BCUT2D eigenvalue weighted by molar-refractivity contribution is 7.17. The fraction of sp³-hybridized carbons (Fsp3) is 0.531. The molecule has 69 heavy (non-hydrogen) atoms. The molecule has 0 aliphatic heterocycles. The Morgan fingerprint density at radius 3 is 2.33 bits per heavy atom. The van der Waals surface area contributed by atoms with E-state index < -0.39 is 28.5 Å². The number of benzene rings is 2. The molecule has 14 nitrogen and oxygen atoms in total. The zero-order valence-electron chi connectivity index (χ0n) is 39.9. The minimum Gasteiger partial charge on any atom is -0.394 e. The van der Waals surface area contributed by atoms with Gasteiger partial charge in [0.05, 0.1) is 79.8 Å². The lowest BCUT2D eigenvalue weighted by Crippen LogP contribution is -2.41. The first-order valence-corrected chi connectivity index (χ1v) is 24.2. The van der Waals surface area contributed by atoms with E-state index in [1.54, 1.807) is 18.0 Å². The molecule has 0 unspecified atom stereocenters. The van der Waals surface area contributed by atoms with E-state index in [0.717, 1.165) is 47.4 Å². The first kappa shape index (κ1) is 57.2. The number of likely N-dealkylation sites (N-methyl/N-ethyl adjacent to an activating group) is 1. The number of nitrogens with one attached hydrogen (secondary N) is 2. The van der Waals surface area contributed by atoms with Crippen LogP contribution in [0.2, 0.25) is 5.02 Å². The summed E-state index contributed by atoms with van der Waals surface area (Å²) < 4.78 is 58.1. The largest absolute Gasteiger partial charge is 0.417 e. The topological polar surface area (TPSA) is 165 Å². The zero-order valence-corrected chi connectivity index (χ0v) is 42.3. The summed E-state index contributed by atoms with van der Waals surface area (Å²) in [7, 11) is 1.73. The van der Waals surface area contributed by atoms with E-state index in [-0.39, 0.29) is 73.0 Å². The fourth-order valence-corrected chi connectivity index (χ4v) is 9.74. The van der Waals surface area contributed by atoms with Crippen LogP contribution < -0.4 is 10.6 Å². The number of aliphatic hydroxyl groups is 1. The van der Waals surface area contributed by atoms with Crippen molar-refractivity contribution >= 4 is 63.9 Å². The quantitative estimate of drug-likeness (QED) is 0.0390. The number of halogens is 5. The molecule has 0 radical (unpaired) electrons. The van der Waals surface area contributed by atoms with Gasteiger partial charge in [-0.05, 0) is 79.0 Å². The predicted molar refractivity (Wildman–Crippen MR) is 263 cm³/mol. The number of aliphatic hydroxyl groups excluding tert-OH is 1. The lowest BCUT2D eigenvalue weighted by molar-refractivity contribution is -0.137. The minimum absolute atomic E-state index is 0. The molecular weight excluding hydrogens is 961 g/mol. The van der Waals surface area contributed by atoms with Gasteiger partial charge >= 0.3 is 6.18 Å². The van der Waals surface area contributed by atoms with Crippen LogP contribution >= 0.6 is 35.3 Å². The van der Waals surface area contributed by atoms with Crippen LogP contribution in [0.1, 0.15) is 108 Å². The number of ether oxygens (including phenoxy) is 3. The van der Waals surface area contributed by atoms with Gasteiger partial charge in [-0.25, -0.2) is 4.68 Å². The maximum Gasteiger partial charge on any atom is 0.417 e. The van der Waals surface area contributed by atoms with Crippen molar-refractivity contribution < 1.29 is 51.7 Å². The second kappa shape index (κ2) is 27.3. The summed E-state index contributed by atoms with van der Waals surface area (Å²) in [6.07, 6.45) is 2.03. The summed E-state index contributed by atoms with van der Waals surface area (Å²) in [6, 6.07) is 10.9. The van der Waals surface area contributed by atoms with E-state index in [1.165, 1.54) is 34.5 Å². The number of hydrogen-bond acceptors (Lipinski definition) is 11. The highest BCUT2D eigenvalue weighted by Crippen LogP contribution is 2.45. The van der Waals surface area contributed by atoms with Gasteiger partial charge in [0.15, 0.2) is 5.78 Å². The van der Waals surface area contributed by atoms with Crippen LogP contribution in [0.25, 0.3) is 5.69 Å². The van der Waals surface area contributed by atoms with Crippen LogP contribution in [0.5, 0.6) is 0 Å². The van der Waals surface area contributed by atoms with Gasteiger partial charge in [-0.15, -0.1) is 23.7 Å². The second-order valence-electron chi connectivity index (χ2n) is 17.5. The van der Waals surface area contributed by atoms with Gasteiger partial charge in [0.25, 0.3) is 5.91 Å². The SMILES string of the molecule is CCC(CC)N(CCN(C)C(=O)CCC(=O)NCCOCCOCCOCCO)Cc1cccc(C(=O)Nc2sc3c(c2C(=O)c2cnn(-c4ccc(Cl)c(C(F)(F)F)c4)c2)CCC(C)(C)C3)c1.Cl. The average molecular weight is 1030 g/mol. The summed E-state index contributed by atoms with van der Waals surface area (Å²) in [5.74, 6) is -1.18. The second-order valence-corrected chi connectivity index (χ2v) is 19.0. The van der Waals surface area contributed by atoms with Crippen molar-refractivity contribution in [3.05, 3.63) is 98.1 Å². The zero-order chi connectivity index (χ0) is 49.4. The molecule has 0 saturated heterocycles. The van der Waals surface area contributed by atoms with E-state index in [0.29, 0.717) is 88.2 Å². The minimum atomic E-state index is -4.68. The maximum absolute atomic E-state index is 14.4.